The number of anilines is 1. The molecule has 2 aromatic heterocycles. The Labute approximate surface area is 227 Å². The van der Waals surface area contributed by atoms with Crippen molar-refractivity contribution < 1.29 is 4.79 Å². The molecule has 5 aromatic rings. The summed E-state index contributed by atoms with van der Waals surface area (Å²) >= 11 is 6.27. The van der Waals surface area contributed by atoms with E-state index in [4.69, 9.17) is 16.7 Å². The molecule has 6 rings (SSSR count). The highest BCUT2D eigenvalue weighted by molar-refractivity contribution is 6.31. The number of aryl methyl sites for hydroxylation is 3. The molecule has 1 atom stereocenters. The summed E-state index contributed by atoms with van der Waals surface area (Å²) in [7, 11) is 0. The number of fused-ring (bicyclic) bond motifs is 3. The Morgan fingerprint density at radius 3 is 2.47 bits per heavy atom. The summed E-state index contributed by atoms with van der Waals surface area (Å²) in [4.78, 5) is 16.0. The molecule has 38 heavy (non-hydrogen) atoms. The number of carbonyl (C=O) groups excluding carboxylic acids is 1. The van der Waals surface area contributed by atoms with Crippen LogP contribution in [0.3, 0.4) is 0 Å². The Morgan fingerprint density at radius 2 is 1.71 bits per heavy atom. The van der Waals surface area contributed by atoms with E-state index in [-0.39, 0.29) is 12.1 Å². The molecule has 0 spiro atoms. The van der Waals surface area contributed by atoms with Crippen molar-refractivity contribution in [3.63, 3.8) is 0 Å². The van der Waals surface area contributed by atoms with Crippen LogP contribution in [0.25, 0.3) is 11.5 Å². The number of nitrogens with one attached hydrogen (secondary N) is 1. The number of hydrogen-bond donors (Lipinski definition) is 1. The van der Waals surface area contributed by atoms with Gasteiger partial charge in [0.2, 0.25) is 0 Å². The van der Waals surface area contributed by atoms with Crippen molar-refractivity contribution in [1.82, 2.24) is 19.2 Å². The lowest BCUT2D eigenvalue weighted by Crippen LogP contribution is -2.38. The molecule has 1 aliphatic rings. The largest absolute Gasteiger partial charge is 0.322 e. The number of aromatic nitrogens is 3. The van der Waals surface area contributed by atoms with E-state index < -0.39 is 0 Å². The summed E-state index contributed by atoms with van der Waals surface area (Å²) in [6.07, 6.45) is 2.05. The second-order valence-electron chi connectivity index (χ2n) is 9.77. The highest BCUT2D eigenvalue weighted by Gasteiger charge is 2.36. The van der Waals surface area contributed by atoms with Gasteiger partial charge < -0.3 is 14.8 Å². The highest BCUT2D eigenvalue weighted by atomic mass is 35.5. The van der Waals surface area contributed by atoms with Crippen molar-refractivity contribution >= 4 is 23.3 Å². The molecule has 190 valence electrons. The van der Waals surface area contributed by atoms with Gasteiger partial charge in [0.05, 0.1) is 29.7 Å². The topological polar surface area (TPSA) is 55.1 Å². The fraction of sp³-hybridized carbons (Fsp3) is 0.161. The predicted molar refractivity (Wildman–Crippen MR) is 151 cm³/mol. The van der Waals surface area contributed by atoms with E-state index in [9.17, 15) is 4.79 Å². The van der Waals surface area contributed by atoms with Crippen LogP contribution in [0.1, 0.15) is 39.7 Å². The van der Waals surface area contributed by atoms with Crippen LogP contribution in [-0.4, -0.2) is 25.3 Å². The van der Waals surface area contributed by atoms with Crippen LogP contribution < -0.4 is 5.32 Å². The molecule has 2 amide bonds. The SMILES string of the molecule is Cc1ccc([C@H]2c3cccn3-c3c(c(C)nn3-c3ccccc3)CN2C(=O)Nc2cc(Cl)ccc2C)cc1. The van der Waals surface area contributed by atoms with Crippen molar-refractivity contribution in [2.24, 2.45) is 0 Å². The van der Waals surface area contributed by atoms with Gasteiger partial charge in [-0.05, 0) is 68.3 Å². The van der Waals surface area contributed by atoms with Gasteiger partial charge in [0.1, 0.15) is 5.82 Å². The molecule has 0 fully saturated rings. The van der Waals surface area contributed by atoms with Gasteiger partial charge in [0.25, 0.3) is 0 Å². The van der Waals surface area contributed by atoms with Gasteiger partial charge in [0.15, 0.2) is 0 Å². The summed E-state index contributed by atoms with van der Waals surface area (Å²) in [5, 5.41) is 8.63. The smallest absolute Gasteiger partial charge is 0.307 e. The average Bonchev–Trinajstić information content (AvgIpc) is 3.48. The molecule has 0 unspecified atom stereocenters. The standard InChI is InChI=1S/C31H28ClN5O/c1-20-11-14-23(15-12-20)29-28-10-7-17-35(28)30-26(22(3)34-37(30)25-8-5-4-6-9-25)19-36(29)31(38)33-27-18-24(32)16-13-21(27)2/h4-18,29H,19H2,1-3H3,(H,33,38)/t29-/m0/s1. The maximum atomic E-state index is 14.1. The van der Waals surface area contributed by atoms with Crippen molar-refractivity contribution in [1.29, 1.82) is 0 Å². The van der Waals surface area contributed by atoms with E-state index in [1.54, 1.807) is 6.07 Å². The van der Waals surface area contributed by atoms with Crippen LogP contribution >= 0.6 is 11.6 Å². The molecule has 0 saturated heterocycles. The van der Waals surface area contributed by atoms with E-state index >= 15 is 0 Å². The first-order valence-corrected chi connectivity index (χ1v) is 13.0. The molecule has 6 nitrogen and oxygen atoms in total. The molecule has 3 aromatic carbocycles. The third-order valence-electron chi connectivity index (χ3n) is 7.18. The van der Waals surface area contributed by atoms with Crippen molar-refractivity contribution in [3.05, 3.63) is 130 Å². The lowest BCUT2D eigenvalue weighted by atomic mass is 10.0. The van der Waals surface area contributed by atoms with Crippen molar-refractivity contribution in [2.75, 3.05) is 5.32 Å². The zero-order valence-corrected chi connectivity index (χ0v) is 22.3. The molecular formula is C31H28ClN5O. The predicted octanol–water partition coefficient (Wildman–Crippen LogP) is 7.38. The number of halogens is 1. The normalized spacial score (nSPS) is 14.5. The zero-order valence-electron chi connectivity index (χ0n) is 21.5. The number of para-hydroxylation sites is 1. The molecule has 0 aliphatic carbocycles. The van der Waals surface area contributed by atoms with Crippen LogP contribution in [0.4, 0.5) is 10.5 Å². The van der Waals surface area contributed by atoms with Crippen LogP contribution in [0, 0.1) is 20.8 Å². The Kier molecular flexibility index (Phi) is 6.04. The fourth-order valence-corrected chi connectivity index (χ4v) is 5.34. The molecular weight excluding hydrogens is 494 g/mol. The molecule has 0 saturated carbocycles. The van der Waals surface area contributed by atoms with Gasteiger partial charge in [-0.3, -0.25) is 0 Å². The third kappa shape index (κ3) is 4.17. The number of hydrogen-bond acceptors (Lipinski definition) is 2. The van der Waals surface area contributed by atoms with Gasteiger partial charge in [-0.2, -0.15) is 5.10 Å². The zero-order chi connectivity index (χ0) is 26.4. The highest BCUT2D eigenvalue weighted by Crippen LogP contribution is 2.39. The number of carbonyl (C=O) groups is 1. The van der Waals surface area contributed by atoms with Crippen LogP contribution in [0.15, 0.2) is 91.1 Å². The third-order valence-corrected chi connectivity index (χ3v) is 7.42. The Balaban J connectivity index is 1.54. The Hall–Kier alpha value is -4.29. The lowest BCUT2D eigenvalue weighted by Gasteiger charge is -2.31. The van der Waals surface area contributed by atoms with Gasteiger partial charge in [-0.1, -0.05) is 65.7 Å². The molecule has 1 N–H and O–H groups in total. The molecule has 0 radical (unpaired) electrons. The summed E-state index contributed by atoms with van der Waals surface area (Å²) in [5.74, 6) is 0.944. The van der Waals surface area contributed by atoms with Crippen LogP contribution in [0.5, 0.6) is 0 Å². The first-order chi connectivity index (χ1) is 18.4. The number of amides is 2. The minimum absolute atomic E-state index is 0.201. The van der Waals surface area contributed by atoms with Gasteiger partial charge in [-0.25, -0.2) is 9.48 Å². The van der Waals surface area contributed by atoms with E-state index in [0.29, 0.717) is 17.3 Å². The fourth-order valence-electron chi connectivity index (χ4n) is 5.16. The van der Waals surface area contributed by atoms with E-state index in [1.807, 2.05) is 72.0 Å². The van der Waals surface area contributed by atoms with Crippen molar-refractivity contribution in [2.45, 2.75) is 33.4 Å². The minimum Gasteiger partial charge on any atom is -0.307 e. The lowest BCUT2D eigenvalue weighted by molar-refractivity contribution is 0.194. The first kappa shape index (κ1) is 24.1. The van der Waals surface area contributed by atoms with Gasteiger partial charge >= 0.3 is 6.03 Å². The number of rotatable bonds is 3. The number of nitrogens with zero attached hydrogens (tertiary/aromatic N) is 4. The maximum Gasteiger partial charge on any atom is 0.322 e. The maximum absolute atomic E-state index is 14.1. The quantitative estimate of drug-likeness (QED) is 0.269. The Morgan fingerprint density at radius 1 is 0.947 bits per heavy atom. The van der Waals surface area contributed by atoms with E-state index in [0.717, 1.165) is 39.6 Å². The number of benzene rings is 3. The van der Waals surface area contributed by atoms with Crippen LogP contribution in [0.2, 0.25) is 5.02 Å². The molecule has 7 heteroatoms. The summed E-state index contributed by atoms with van der Waals surface area (Å²) in [6, 6.07) is 27.6. The van der Waals surface area contributed by atoms with E-state index in [1.165, 1.54) is 5.56 Å². The first-order valence-electron chi connectivity index (χ1n) is 12.6. The van der Waals surface area contributed by atoms with Gasteiger partial charge in [-0.15, -0.1) is 0 Å². The van der Waals surface area contributed by atoms with Gasteiger partial charge in [0, 0.05) is 22.5 Å². The molecule has 1 aliphatic heterocycles. The van der Waals surface area contributed by atoms with E-state index in [2.05, 4.69) is 53.3 Å². The second-order valence-corrected chi connectivity index (χ2v) is 10.2. The molecule has 0 bridgehead atoms. The molecule has 3 heterocycles. The summed E-state index contributed by atoms with van der Waals surface area (Å²) in [5.41, 5.74) is 7.68. The average molecular weight is 522 g/mol. The second kappa shape index (κ2) is 9.54. The Bertz CT molecular complexity index is 1640. The number of urea groups is 1. The van der Waals surface area contributed by atoms with Crippen molar-refractivity contribution in [3.8, 4) is 11.5 Å². The summed E-state index contributed by atoms with van der Waals surface area (Å²) in [6.45, 7) is 6.42. The van der Waals surface area contributed by atoms with Crippen LogP contribution in [-0.2, 0) is 6.54 Å². The monoisotopic (exact) mass is 521 g/mol. The minimum atomic E-state index is -0.318. The summed E-state index contributed by atoms with van der Waals surface area (Å²) < 4.78 is 4.15.